The molecule has 0 aromatic heterocycles. The van der Waals surface area contributed by atoms with Crippen molar-refractivity contribution in [3.05, 3.63) is 0 Å². The van der Waals surface area contributed by atoms with Crippen molar-refractivity contribution in [1.82, 2.24) is 9.80 Å². The van der Waals surface area contributed by atoms with Crippen LogP contribution in [0.25, 0.3) is 0 Å². The first-order valence-corrected chi connectivity index (χ1v) is 6.11. The second kappa shape index (κ2) is 6.02. The van der Waals surface area contributed by atoms with E-state index in [0.717, 1.165) is 6.42 Å². The number of nitrogens with zero attached hydrogens (tertiary/aromatic N) is 2. The fourth-order valence-corrected chi connectivity index (χ4v) is 2.41. The van der Waals surface area contributed by atoms with Gasteiger partial charge in [-0.05, 0) is 26.4 Å². The molecule has 1 aliphatic rings. The van der Waals surface area contributed by atoms with E-state index in [-0.39, 0.29) is 19.0 Å². The highest BCUT2D eigenvalue weighted by atomic mass is 19.4. The van der Waals surface area contributed by atoms with E-state index >= 15 is 0 Å². The molecule has 1 aliphatic heterocycles. The summed E-state index contributed by atoms with van der Waals surface area (Å²) < 4.78 is 38.7. The van der Waals surface area contributed by atoms with Gasteiger partial charge in [0.25, 0.3) is 0 Å². The van der Waals surface area contributed by atoms with E-state index in [0.29, 0.717) is 19.6 Å². The summed E-state index contributed by atoms with van der Waals surface area (Å²) in [5.41, 5.74) is 5.29. The van der Waals surface area contributed by atoms with Gasteiger partial charge in [0.1, 0.15) is 6.04 Å². The van der Waals surface area contributed by atoms with Crippen LogP contribution in [0.4, 0.5) is 13.2 Å². The summed E-state index contributed by atoms with van der Waals surface area (Å²) in [7, 11) is 1.97. The minimum Gasteiger partial charge on any atom is -0.330 e. The molecule has 102 valence electrons. The van der Waals surface area contributed by atoms with Crippen LogP contribution < -0.4 is 5.73 Å². The Morgan fingerprint density at radius 1 is 1.35 bits per heavy atom. The first-order chi connectivity index (χ1) is 7.90. The summed E-state index contributed by atoms with van der Waals surface area (Å²) in [5, 5.41) is 0. The molecule has 0 aromatic carbocycles. The summed E-state index contributed by atoms with van der Waals surface area (Å²) in [6.07, 6.45) is -3.31. The molecule has 6 heteroatoms. The molecule has 2 atom stereocenters. The van der Waals surface area contributed by atoms with E-state index in [4.69, 9.17) is 5.73 Å². The SMILES string of the molecule is CCC1CN(C(CCN)C(F)(F)F)CCN1C. The lowest BCUT2D eigenvalue weighted by molar-refractivity contribution is -0.191. The molecule has 1 heterocycles. The van der Waals surface area contributed by atoms with Gasteiger partial charge in [0, 0.05) is 25.7 Å². The van der Waals surface area contributed by atoms with Crippen LogP contribution in [0.5, 0.6) is 0 Å². The minimum absolute atomic E-state index is 0.0103. The highest BCUT2D eigenvalue weighted by Gasteiger charge is 2.44. The molecule has 0 amide bonds. The van der Waals surface area contributed by atoms with Crippen LogP contribution in [0.1, 0.15) is 19.8 Å². The highest BCUT2D eigenvalue weighted by molar-refractivity contribution is 4.87. The third-order valence-corrected chi connectivity index (χ3v) is 3.54. The smallest absolute Gasteiger partial charge is 0.330 e. The molecule has 2 N–H and O–H groups in total. The predicted octanol–water partition coefficient (Wildman–Crippen LogP) is 1.29. The van der Waals surface area contributed by atoms with E-state index in [1.165, 1.54) is 0 Å². The number of piperazine rings is 1. The molecular weight excluding hydrogens is 231 g/mol. The van der Waals surface area contributed by atoms with Crippen molar-refractivity contribution in [2.45, 2.75) is 38.0 Å². The van der Waals surface area contributed by atoms with Gasteiger partial charge in [-0.15, -0.1) is 0 Å². The molecule has 0 aromatic rings. The van der Waals surface area contributed by atoms with Crippen LogP contribution in [-0.2, 0) is 0 Å². The van der Waals surface area contributed by atoms with Crippen molar-refractivity contribution in [3.8, 4) is 0 Å². The number of nitrogens with two attached hydrogens (primary N) is 1. The van der Waals surface area contributed by atoms with Gasteiger partial charge in [-0.25, -0.2) is 0 Å². The summed E-state index contributed by atoms with van der Waals surface area (Å²) in [5.74, 6) is 0. The van der Waals surface area contributed by atoms with Crippen molar-refractivity contribution in [3.63, 3.8) is 0 Å². The van der Waals surface area contributed by atoms with Crippen molar-refractivity contribution >= 4 is 0 Å². The second-order valence-corrected chi connectivity index (χ2v) is 4.67. The maximum atomic E-state index is 12.9. The largest absolute Gasteiger partial charge is 0.404 e. The Balaban J connectivity index is 2.69. The van der Waals surface area contributed by atoms with Crippen LogP contribution in [0.15, 0.2) is 0 Å². The number of likely N-dealkylation sites (N-methyl/N-ethyl adjacent to an activating group) is 1. The third-order valence-electron chi connectivity index (χ3n) is 3.54. The predicted molar refractivity (Wildman–Crippen MR) is 61.8 cm³/mol. The fourth-order valence-electron chi connectivity index (χ4n) is 2.41. The molecule has 17 heavy (non-hydrogen) atoms. The number of halogens is 3. The van der Waals surface area contributed by atoms with Gasteiger partial charge in [0.2, 0.25) is 0 Å². The van der Waals surface area contributed by atoms with E-state index in [2.05, 4.69) is 4.90 Å². The number of hydrogen-bond donors (Lipinski definition) is 1. The fraction of sp³-hybridized carbons (Fsp3) is 1.00. The summed E-state index contributed by atoms with van der Waals surface area (Å²) in [6.45, 7) is 3.73. The summed E-state index contributed by atoms with van der Waals surface area (Å²) >= 11 is 0. The summed E-state index contributed by atoms with van der Waals surface area (Å²) in [6, 6.07) is -1.17. The van der Waals surface area contributed by atoms with Gasteiger partial charge < -0.3 is 10.6 Å². The van der Waals surface area contributed by atoms with Crippen LogP contribution in [0.3, 0.4) is 0 Å². The standard InChI is InChI=1S/C11H22F3N3/c1-3-9-8-17(7-6-16(9)2)10(4-5-15)11(12,13)14/h9-10H,3-8,15H2,1-2H3. The first-order valence-electron chi connectivity index (χ1n) is 6.11. The molecule has 0 bridgehead atoms. The van der Waals surface area contributed by atoms with Crippen LogP contribution in [0, 0.1) is 0 Å². The molecule has 0 aliphatic carbocycles. The van der Waals surface area contributed by atoms with Gasteiger partial charge in [0.05, 0.1) is 0 Å². The van der Waals surface area contributed by atoms with E-state index in [1.807, 2.05) is 14.0 Å². The number of hydrogen-bond acceptors (Lipinski definition) is 3. The average Bonchev–Trinajstić information content (AvgIpc) is 2.25. The normalized spacial score (nSPS) is 26.1. The Labute approximate surface area is 101 Å². The number of alkyl halides is 3. The molecular formula is C11H22F3N3. The third kappa shape index (κ3) is 3.82. The molecule has 1 fully saturated rings. The lowest BCUT2D eigenvalue weighted by Crippen LogP contribution is -2.58. The molecule has 0 radical (unpaired) electrons. The summed E-state index contributed by atoms with van der Waals surface area (Å²) in [4.78, 5) is 3.67. The van der Waals surface area contributed by atoms with Gasteiger partial charge >= 0.3 is 6.18 Å². The van der Waals surface area contributed by atoms with Gasteiger partial charge in [-0.2, -0.15) is 13.2 Å². The Morgan fingerprint density at radius 2 is 2.00 bits per heavy atom. The van der Waals surface area contributed by atoms with E-state index in [1.54, 1.807) is 4.90 Å². The van der Waals surface area contributed by atoms with Gasteiger partial charge in [0.15, 0.2) is 0 Å². The topological polar surface area (TPSA) is 32.5 Å². The van der Waals surface area contributed by atoms with Crippen LogP contribution in [-0.4, -0.2) is 61.3 Å². The second-order valence-electron chi connectivity index (χ2n) is 4.67. The zero-order chi connectivity index (χ0) is 13.1. The van der Waals surface area contributed by atoms with Crippen molar-refractivity contribution in [2.75, 3.05) is 33.2 Å². The maximum Gasteiger partial charge on any atom is 0.404 e. The minimum atomic E-state index is -4.17. The Hall–Kier alpha value is -0.330. The average molecular weight is 253 g/mol. The zero-order valence-corrected chi connectivity index (χ0v) is 10.5. The molecule has 3 nitrogen and oxygen atoms in total. The monoisotopic (exact) mass is 253 g/mol. The Bertz CT molecular complexity index is 232. The molecule has 1 rings (SSSR count). The lowest BCUT2D eigenvalue weighted by Gasteiger charge is -2.43. The molecule has 2 unspecified atom stereocenters. The Morgan fingerprint density at radius 3 is 2.47 bits per heavy atom. The van der Waals surface area contributed by atoms with Gasteiger partial charge in [-0.3, -0.25) is 4.90 Å². The van der Waals surface area contributed by atoms with E-state index in [9.17, 15) is 13.2 Å². The van der Waals surface area contributed by atoms with Crippen molar-refractivity contribution in [1.29, 1.82) is 0 Å². The van der Waals surface area contributed by atoms with Crippen LogP contribution in [0.2, 0.25) is 0 Å². The van der Waals surface area contributed by atoms with E-state index < -0.39 is 12.2 Å². The lowest BCUT2D eigenvalue weighted by atomic mass is 10.1. The number of rotatable bonds is 4. The molecule has 0 saturated carbocycles. The highest BCUT2D eigenvalue weighted by Crippen LogP contribution is 2.28. The zero-order valence-electron chi connectivity index (χ0n) is 10.5. The van der Waals surface area contributed by atoms with Crippen molar-refractivity contribution < 1.29 is 13.2 Å². The maximum absolute atomic E-state index is 12.9. The van der Waals surface area contributed by atoms with Crippen molar-refractivity contribution in [2.24, 2.45) is 5.73 Å². The Kier molecular flexibility index (Phi) is 5.22. The molecule has 0 spiro atoms. The van der Waals surface area contributed by atoms with Crippen LogP contribution >= 0.6 is 0 Å². The quantitative estimate of drug-likeness (QED) is 0.819. The van der Waals surface area contributed by atoms with Gasteiger partial charge in [-0.1, -0.05) is 6.92 Å². The molecule has 1 saturated heterocycles. The first kappa shape index (κ1) is 14.7.